The maximum Gasteiger partial charge on any atom is 0.309 e. The van der Waals surface area contributed by atoms with Crippen molar-refractivity contribution in [3.05, 3.63) is 16.0 Å². The van der Waals surface area contributed by atoms with Gasteiger partial charge in [-0.25, -0.2) is 0 Å². The van der Waals surface area contributed by atoms with E-state index in [1.165, 1.54) is 36.5 Å². The summed E-state index contributed by atoms with van der Waals surface area (Å²) in [4.78, 5) is 24.4. The van der Waals surface area contributed by atoms with Crippen LogP contribution < -0.4 is 5.32 Å². The van der Waals surface area contributed by atoms with Crippen molar-refractivity contribution in [1.82, 2.24) is 0 Å². The van der Waals surface area contributed by atoms with Crippen LogP contribution in [0, 0.1) is 16.7 Å². The van der Waals surface area contributed by atoms with Crippen molar-refractivity contribution in [1.29, 1.82) is 5.26 Å². The molecule has 1 aliphatic rings. The van der Waals surface area contributed by atoms with Crippen LogP contribution in [0.4, 0.5) is 5.00 Å². The van der Waals surface area contributed by atoms with Gasteiger partial charge in [0.25, 0.3) is 0 Å². The van der Waals surface area contributed by atoms with Crippen molar-refractivity contribution in [3.8, 4) is 6.07 Å². The third kappa shape index (κ3) is 3.47. The summed E-state index contributed by atoms with van der Waals surface area (Å²) in [6.45, 7) is 3.04. The third-order valence-electron chi connectivity index (χ3n) is 3.97. The van der Waals surface area contributed by atoms with Gasteiger partial charge in [-0.2, -0.15) is 5.26 Å². The molecule has 0 aliphatic heterocycles. The topological polar surface area (TPSA) is 90.2 Å². The van der Waals surface area contributed by atoms with Crippen molar-refractivity contribution >= 4 is 28.2 Å². The summed E-state index contributed by atoms with van der Waals surface area (Å²) in [5.74, 6) is -1.37. The molecule has 0 saturated heterocycles. The van der Waals surface area contributed by atoms with Crippen molar-refractivity contribution in [2.24, 2.45) is 5.41 Å². The summed E-state index contributed by atoms with van der Waals surface area (Å²) in [6.07, 6.45) is 5.06. The largest absolute Gasteiger partial charge is 0.481 e. The van der Waals surface area contributed by atoms with Gasteiger partial charge < -0.3 is 10.4 Å². The van der Waals surface area contributed by atoms with E-state index in [4.69, 9.17) is 5.11 Å². The molecule has 5 nitrogen and oxygen atoms in total. The van der Waals surface area contributed by atoms with Crippen LogP contribution in [0.25, 0.3) is 0 Å². The van der Waals surface area contributed by atoms with Gasteiger partial charge in [-0.1, -0.05) is 6.42 Å². The van der Waals surface area contributed by atoms with Gasteiger partial charge >= 0.3 is 5.97 Å². The molecule has 1 aromatic heterocycles. The van der Waals surface area contributed by atoms with Gasteiger partial charge in [-0.05, 0) is 45.1 Å². The fourth-order valence-corrected chi connectivity index (χ4v) is 3.85. The zero-order valence-electron chi connectivity index (χ0n) is 12.9. The second kappa shape index (κ2) is 6.49. The van der Waals surface area contributed by atoms with E-state index in [-0.39, 0.29) is 12.3 Å². The number of rotatable bonds is 4. The number of fused-ring (bicyclic) bond motifs is 1. The molecular weight excluding hydrogens is 300 g/mol. The Hall–Kier alpha value is -1.87. The zero-order valence-corrected chi connectivity index (χ0v) is 13.7. The number of carboxylic acids is 1. The summed E-state index contributed by atoms with van der Waals surface area (Å²) in [7, 11) is 0. The molecule has 0 spiro atoms. The molecule has 1 aromatic rings. The molecule has 0 bridgehead atoms. The van der Waals surface area contributed by atoms with Crippen LogP contribution in [0.2, 0.25) is 0 Å². The Labute approximate surface area is 134 Å². The van der Waals surface area contributed by atoms with E-state index in [1.807, 2.05) is 0 Å². The first-order chi connectivity index (χ1) is 10.3. The molecule has 1 heterocycles. The van der Waals surface area contributed by atoms with Gasteiger partial charge in [0.15, 0.2) is 0 Å². The van der Waals surface area contributed by atoms with Crippen LogP contribution in [0.15, 0.2) is 0 Å². The fraction of sp³-hybridized carbons (Fsp3) is 0.562. The molecule has 0 radical (unpaired) electrons. The summed E-state index contributed by atoms with van der Waals surface area (Å²) in [5.41, 5.74) is 0.506. The van der Waals surface area contributed by atoms with Gasteiger partial charge in [0.05, 0.1) is 11.0 Å². The van der Waals surface area contributed by atoms with Gasteiger partial charge in [-0.3, -0.25) is 9.59 Å². The first kappa shape index (κ1) is 16.5. The van der Waals surface area contributed by atoms with Crippen LogP contribution >= 0.6 is 11.3 Å². The number of thiophene rings is 1. The van der Waals surface area contributed by atoms with Crippen molar-refractivity contribution in [2.45, 2.75) is 52.4 Å². The highest BCUT2D eigenvalue weighted by molar-refractivity contribution is 7.16. The van der Waals surface area contributed by atoms with Crippen LogP contribution in [-0.4, -0.2) is 17.0 Å². The quantitative estimate of drug-likeness (QED) is 0.833. The Morgan fingerprint density at radius 3 is 2.64 bits per heavy atom. The molecule has 0 aromatic carbocycles. The highest BCUT2D eigenvalue weighted by atomic mass is 32.1. The highest BCUT2D eigenvalue weighted by Crippen LogP contribution is 2.37. The molecule has 1 aliphatic carbocycles. The SMILES string of the molecule is CC(C)(CC(=O)Nc1sc2c(c1C#N)CCCCC2)C(=O)O. The minimum Gasteiger partial charge on any atom is -0.481 e. The highest BCUT2D eigenvalue weighted by Gasteiger charge is 2.31. The molecule has 0 saturated carbocycles. The van der Waals surface area contributed by atoms with Gasteiger partial charge in [-0.15, -0.1) is 11.3 Å². The van der Waals surface area contributed by atoms with Gasteiger partial charge in [0, 0.05) is 11.3 Å². The number of hydrogen-bond donors (Lipinski definition) is 2. The van der Waals surface area contributed by atoms with Crippen LogP contribution in [0.5, 0.6) is 0 Å². The molecule has 0 fully saturated rings. The third-order valence-corrected chi connectivity index (χ3v) is 5.17. The predicted molar refractivity (Wildman–Crippen MR) is 85.0 cm³/mol. The maximum absolute atomic E-state index is 12.1. The van der Waals surface area contributed by atoms with Crippen molar-refractivity contribution in [3.63, 3.8) is 0 Å². The van der Waals surface area contributed by atoms with Gasteiger partial charge in [0.2, 0.25) is 5.91 Å². The molecule has 0 unspecified atom stereocenters. The smallest absolute Gasteiger partial charge is 0.309 e. The number of amides is 1. The van der Waals surface area contributed by atoms with Crippen molar-refractivity contribution in [2.75, 3.05) is 5.32 Å². The molecule has 6 heteroatoms. The minimum absolute atomic E-state index is 0.115. The Morgan fingerprint density at radius 1 is 1.32 bits per heavy atom. The number of anilines is 1. The van der Waals surface area contributed by atoms with E-state index < -0.39 is 11.4 Å². The normalized spacial score (nSPS) is 14.6. The first-order valence-electron chi connectivity index (χ1n) is 7.43. The number of carboxylic acid groups (broad SMARTS) is 1. The summed E-state index contributed by atoms with van der Waals surface area (Å²) in [5, 5.41) is 21.8. The number of hydrogen-bond acceptors (Lipinski definition) is 4. The molecule has 0 atom stereocenters. The number of nitrogens with zero attached hydrogens (tertiary/aromatic N) is 1. The first-order valence-corrected chi connectivity index (χ1v) is 8.24. The second-order valence-corrected chi connectivity index (χ2v) is 7.40. The van der Waals surface area contributed by atoms with E-state index >= 15 is 0 Å². The average molecular weight is 320 g/mol. The zero-order chi connectivity index (χ0) is 16.3. The lowest BCUT2D eigenvalue weighted by Gasteiger charge is -2.17. The second-order valence-electron chi connectivity index (χ2n) is 6.29. The lowest BCUT2D eigenvalue weighted by atomic mass is 9.89. The predicted octanol–water partition coefficient (Wildman–Crippen LogP) is 3.33. The Balaban J connectivity index is 2.18. The standard InChI is InChI=1S/C16H20N2O3S/c1-16(2,15(20)21)8-13(19)18-14-11(9-17)10-6-4-3-5-7-12(10)22-14/h3-8H2,1-2H3,(H,18,19)(H,20,21). The monoisotopic (exact) mass is 320 g/mol. The maximum atomic E-state index is 12.1. The fourth-order valence-electron chi connectivity index (χ4n) is 2.60. The van der Waals surface area contributed by atoms with E-state index in [1.54, 1.807) is 0 Å². The lowest BCUT2D eigenvalue weighted by molar-refractivity contribution is -0.148. The summed E-state index contributed by atoms with van der Waals surface area (Å²) < 4.78 is 0. The van der Waals surface area contributed by atoms with Crippen LogP contribution in [0.3, 0.4) is 0 Å². The number of carbonyl (C=O) groups is 2. The van der Waals surface area contributed by atoms with Gasteiger partial charge in [0.1, 0.15) is 11.1 Å². The van der Waals surface area contributed by atoms with E-state index in [2.05, 4.69) is 11.4 Å². The lowest BCUT2D eigenvalue weighted by Crippen LogP contribution is -2.29. The summed E-state index contributed by atoms with van der Waals surface area (Å²) in [6, 6.07) is 2.20. The average Bonchev–Trinajstić information content (AvgIpc) is 2.59. The molecule has 2 rings (SSSR count). The Bertz CT molecular complexity index is 641. The molecule has 2 N–H and O–H groups in total. The van der Waals surface area contributed by atoms with Crippen LogP contribution in [0.1, 0.15) is 55.5 Å². The summed E-state index contributed by atoms with van der Waals surface area (Å²) >= 11 is 1.46. The Kier molecular flexibility index (Phi) is 4.87. The van der Waals surface area contributed by atoms with Crippen LogP contribution in [-0.2, 0) is 22.4 Å². The Morgan fingerprint density at radius 2 is 2.00 bits per heavy atom. The molecule has 22 heavy (non-hydrogen) atoms. The molecular formula is C16H20N2O3S. The van der Waals surface area contributed by atoms with E-state index in [9.17, 15) is 14.9 Å². The molecule has 118 valence electrons. The van der Waals surface area contributed by atoms with E-state index in [0.29, 0.717) is 10.6 Å². The number of nitrogens with one attached hydrogen (secondary N) is 1. The number of aliphatic carboxylic acids is 1. The minimum atomic E-state index is -1.12. The van der Waals surface area contributed by atoms with Crippen molar-refractivity contribution < 1.29 is 14.7 Å². The number of aryl methyl sites for hydroxylation is 1. The number of nitriles is 1. The molecule has 1 amide bonds. The number of carbonyl (C=O) groups excluding carboxylic acids is 1. The van der Waals surface area contributed by atoms with E-state index in [0.717, 1.165) is 31.2 Å².